The van der Waals surface area contributed by atoms with Gasteiger partial charge >= 0.3 is 0 Å². The van der Waals surface area contributed by atoms with E-state index in [1.165, 1.54) is 0 Å². The van der Waals surface area contributed by atoms with Crippen LogP contribution in [-0.4, -0.2) is 70.3 Å². The number of rotatable bonds is 11. The van der Waals surface area contributed by atoms with E-state index in [1.54, 1.807) is 6.20 Å². The van der Waals surface area contributed by atoms with Crippen LogP contribution < -0.4 is 20.9 Å². The van der Waals surface area contributed by atoms with Crippen molar-refractivity contribution in [2.24, 2.45) is 0 Å². The molecule has 1 fully saturated rings. The summed E-state index contributed by atoms with van der Waals surface area (Å²) in [5.41, 5.74) is 3.08. The van der Waals surface area contributed by atoms with Crippen LogP contribution in [0.15, 0.2) is 66.9 Å². The van der Waals surface area contributed by atoms with Crippen molar-refractivity contribution in [2.45, 2.75) is 38.1 Å². The highest BCUT2D eigenvalue weighted by Crippen LogP contribution is 2.17. The fourth-order valence-electron chi connectivity index (χ4n) is 4.21. The first-order valence-corrected chi connectivity index (χ1v) is 13.4. The molecule has 0 aliphatic carbocycles. The first-order chi connectivity index (χ1) is 18.0. The van der Waals surface area contributed by atoms with E-state index in [4.69, 9.17) is 4.98 Å². The van der Waals surface area contributed by atoms with E-state index in [0.29, 0.717) is 19.6 Å². The quantitative estimate of drug-likeness (QED) is 0.339. The van der Waals surface area contributed by atoms with Gasteiger partial charge in [0.1, 0.15) is 11.6 Å². The van der Waals surface area contributed by atoms with Gasteiger partial charge < -0.3 is 25.8 Å². The normalized spacial score (nSPS) is 15.7. The molecule has 1 aliphatic rings. The molecule has 2 atom stereocenters. The fourth-order valence-corrected chi connectivity index (χ4v) is 4.48. The highest BCUT2D eigenvalue weighted by atomic mass is 28.1. The number of piperazine rings is 1. The van der Waals surface area contributed by atoms with Crippen LogP contribution in [0.4, 0.5) is 11.6 Å². The molecule has 8 nitrogen and oxygen atoms in total. The van der Waals surface area contributed by atoms with E-state index in [2.05, 4.69) is 84.4 Å². The lowest BCUT2D eigenvalue weighted by Crippen LogP contribution is -2.46. The van der Waals surface area contributed by atoms with Crippen molar-refractivity contribution in [1.82, 2.24) is 25.5 Å². The van der Waals surface area contributed by atoms with E-state index in [0.717, 1.165) is 54.6 Å². The van der Waals surface area contributed by atoms with Gasteiger partial charge in [0.15, 0.2) is 0 Å². The third-order valence-electron chi connectivity index (χ3n) is 6.54. The molecule has 0 saturated carbocycles. The summed E-state index contributed by atoms with van der Waals surface area (Å²) in [7, 11) is 5.77. The minimum atomic E-state index is -0.365. The molecule has 3 radical (unpaired) electrons. The molecule has 1 saturated heterocycles. The van der Waals surface area contributed by atoms with Gasteiger partial charge in [0.05, 0.1) is 11.7 Å². The number of hydrogen-bond donors (Lipinski definition) is 3. The van der Waals surface area contributed by atoms with Crippen molar-refractivity contribution in [3.63, 3.8) is 0 Å². The van der Waals surface area contributed by atoms with Crippen LogP contribution in [-0.2, 0) is 24.4 Å². The van der Waals surface area contributed by atoms with Crippen LogP contribution >= 0.6 is 0 Å². The molecule has 4 rings (SSSR count). The second-order valence-corrected chi connectivity index (χ2v) is 10.4. The van der Waals surface area contributed by atoms with Gasteiger partial charge in [0, 0.05) is 62.3 Å². The first-order valence-electron chi connectivity index (χ1n) is 12.8. The molecule has 2 aromatic heterocycles. The number of likely N-dealkylation sites (N-methyl/N-ethyl adjacent to an activating group) is 1. The van der Waals surface area contributed by atoms with Gasteiger partial charge in [0.25, 0.3) is 0 Å². The monoisotopic (exact) mass is 514 g/mol. The molecule has 0 bridgehead atoms. The van der Waals surface area contributed by atoms with Gasteiger partial charge in [-0.15, -0.1) is 0 Å². The van der Waals surface area contributed by atoms with Crippen molar-refractivity contribution in [3.8, 4) is 0 Å². The van der Waals surface area contributed by atoms with E-state index >= 15 is 0 Å². The molecular weight excluding hydrogens is 478 g/mol. The average Bonchev–Trinajstić information content (AvgIpc) is 2.92. The number of anilines is 2. The summed E-state index contributed by atoms with van der Waals surface area (Å²) in [5, 5.41) is 9.78. The zero-order valence-corrected chi connectivity index (χ0v) is 22.7. The maximum atomic E-state index is 12.8. The average molecular weight is 515 g/mol. The van der Waals surface area contributed by atoms with E-state index < -0.39 is 0 Å². The topological polar surface area (TPSA) is 85.4 Å². The predicted octanol–water partition coefficient (Wildman–Crippen LogP) is 2.59. The van der Waals surface area contributed by atoms with Gasteiger partial charge in [0.2, 0.25) is 5.91 Å². The summed E-state index contributed by atoms with van der Waals surface area (Å²) in [5.74, 6) is 1.85. The molecule has 193 valence electrons. The number of carbonyl (C=O) groups excluding carboxylic acids is 1. The van der Waals surface area contributed by atoms with Gasteiger partial charge in [-0.25, -0.2) is 4.98 Å². The number of nitrogens with one attached hydrogen (secondary N) is 3. The molecule has 0 spiro atoms. The highest BCUT2D eigenvalue weighted by molar-refractivity contribution is 6.14. The Labute approximate surface area is 223 Å². The summed E-state index contributed by atoms with van der Waals surface area (Å²) in [6.07, 6.45) is 1.75. The summed E-state index contributed by atoms with van der Waals surface area (Å²) in [6.45, 7) is 7.77. The lowest BCUT2D eigenvalue weighted by atomic mass is 10.1. The number of hydrogen-bond acceptors (Lipinski definition) is 7. The van der Waals surface area contributed by atoms with Crippen molar-refractivity contribution in [2.75, 3.05) is 43.4 Å². The van der Waals surface area contributed by atoms with Crippen LogP contribution in [0, 0.1) is 0 Å². The lowest BCUT2D eigenvalue weighted by molar-refractivity contribution is -0.123. The summed E-state index contributed by atoms with van der Waals surface area (Å²) in [6, 6.07) is 19.8. The van der Waals surface area contributed by atoms with Gasteiger partial charge in [-0.2, -0.15) is 0 Å². The Hall–Kier alpha value is -3.27. The highest BCUT2D eigenvalue weighted by Gasteiger charge is 2.21. The maximum absolute atomic E-state index is 12.8. The number of aromatic nitrogens is 2. The number of pyridine rings is 2. The van der Waals surface area contributed by atoms with Crippen molar-refractivity contribution < 1.29 is 4.79 Å². The third kappa shape index (κ3) is 8.11. The second-order valence-electron chi connectivity index (χ2n) is 9.53. The minimum absolute atomic E-state index is 0.0273. The Bertz CT molecular complexity index is 1120. The zero-order valence-electron chi connectivity index (χ0n) is 21.7. The number of nitrogens with zero attached hydrogens (tertiary/aromatic N) is 4. The Balaban J connectivity index is 1.24. The smallest absolute Gasteiger partial charge is 0.237 e. The molecule has 37 heavy (non-hydrogen) atoms. The first kappa shape index (κ1) is 26.8. The van der Waals surface area contributed by atoms with Crippen LogP contribution in [0.2, 0.25) is 5.54 Å². The van der Waals surface area contributed by atoms with E-state index in [1.807, 2.05) is 31.2 Å². The van der Waals surface area contributed by atoms with Crippen LogP contribution in [0.25, 0.3) is 0 Å². The molecule has 1 aliphatic heterocycles. The molecule has 3 heterocycles. The van der Waals surface area contributed by atoms with Crippen molar-refractivity contribution in [3.05, 3.63) is 83.7 Å². The lowest BCUT2D eigenvalue weighted by Gasteiger charge is -2.33. The largest absolute Gasteiger partial charge is 0.366 e. The minimum Gasteiger partial charge on any atom is -0.366 e. The molecule has 9 heteroatoms. The molecule has 1 amide bonds. The molecule has 3 aromatic rings. The fraction of sp³-hybridized carbons (Fsp3) is 0.393. The van der Waals surface area contributed by atoms with Crippen molar-refractivity contribution in [1.29, 1.82) is 0 Å². The Morgan fingerprint density at radius 2 is 1.68 bits per heavy atom. The second kappa shape index (κ2) is 13.3. The Morgan fingerprint density at radius 3 is 2.35 bits per heavy atom. The number of benzene rings is 1. The molecule has 1 aromatic carbocycles. The SMILES string of the molecule is CC([Si])[C@H](NCc1ccccn1)C(=O)NCc1ccc(CNc2cccc(N3CCN(C)CC3)n2)cc1. The standard InChI is InChI=1S/C28H36N7OSi/c1-21(37)27(31-20-24-6-3-4-13-29-24)28(36)32-19-23-11-9-22(10-12-23)18-30-25-7-5-8-26(33-25)35-16-14-34(2)15-17-35/h3-13,21,27,31H,14-20H2,1-2H3,(H,30,33)(H,32,36)/t21?,27-/m0/s1. The summed E-state index contributed by atoms with van der Waals surface area (Å²) in [4.78, 5) is 26.6. The van der Waals surface area contributed by atoms with Gasteiger partial charge in [-0.05, 0) is 48.0 Å². The maximum Gasteiger partial charge on any atom is 0.237 e. The van der Waals surface area contributed by atoms with E-state index in [9.17, 15) is 4.79 Å². The zero-order chi connectivity index (χ0) is 26.0. The number of carbonyl (C=O) groups is 1. The van der Waals surface area contributed by atoms with Crippen LogP contribution in [0.1, 0.15) is 23.7 Å². The molecular formula is C28H36N7OSi. The third-order valence-corrected chi connectivity index (χ3v) is 6.87. The van der Waals surface area contributed by atoms with Crippen LogP contribution in [0.3, 0.4) is 0 Å². The van der Waals surface area contributed by atoms with E-state index in [-0.39, 0.29) is 17.5 Å². The molecule has 3 N–H and O–H groups in total. The predicted molar refractivity (Wildman–Crippen MR) is 150 cm³/mol. The number of amides is 1. The van der Waals surface area contributed by atoms with Crippen LogP contribution in [0.5, 0.6) is 0 Å². The van der Waals surface area contributed by atoms with Gasteiger partial charge in [-0.1, -0.05) is 43.3 Å². The Kier molecular flexibility index (Phi) is 9.64. The summed E-state index contributed by atoms with van der Waals surface area (Å²) < 4.78 is 0. The Morgan fingerprint density at radius 1 is 0.946 bits per heavy atom. The van der Waals surface area contributed by atoms with Crippen molar-refractivity contribution >= 4 is 27.8 Å². The molecule has 1 unspecified atom stereocenters. The summed E-state index contributed by atoms with van der Waals surface area (Å²) >= 11 is 0. The van der Waals surface area contributed by atoms with Gasteiger partial charge in [-0.3, -0.25) is 9.78 Å².